The zero-order valence-corrected chi connectivity index (χ0v) is 16.6. The Kier molecular flexibility index (Phi) is 4.11. The number of hydrogen-bond donors (Lipinski definition) is 0. The van der Waals surface area contributed by atoms with E-state index in [1.54, 1.807) is 14.2 Å². The molecule has 2 heterocycles. The number of ether oxygens (including phenoxy) is 2. The number of rotatable bonds is 3. The minimum Gasteiger partial charge on any atom is -0.493 e. The zero-order chi connectivity index (χ0) is 19.3. The van der Waals surface area contributed by atoms with Crippen LogP contribution in [0.3, 0.4) is 0 Å². The monoisotopic (exact) mass is 377 g/mol. The number of benzene rings is 2. The molecular weight excluding hydrogens is 350 g/mol. The molecule has 0 unspecified atom stereocenters. The molecule has 0 bridgehead atoms. The van der Waals surface area contributed by atoms with E-state index in [1.165, 1.54) is 29.5 Å². The van der Waals surface area contributed by atoms with Crippen molar-refractivity contribution in [2.24, 2.45) is 5.92 Å². The van der Waals surface area contributed by atoms with Gasteiger partial charge in [-0.15, -0.1) is 0 Å². The molecule has 3 aliphatic rings. The van der Waals surface area contributed by atoms with Gasteiger partial charge in [-0.05, 0) is 47.6 Å². The summed E-state index contributed by atoms with van der Waals surface area (Å²) < 4.78 is 11.3. The molecule has 1 spiro atoms. The first kappa shape index (κ1) is 17.6. The Hall–Kier alpha value is -2.49. The third kappa shape index (κ3) is 2.33. The fourth-order valence-electron chi connectivity index (χ4n) is 5.97. The second-order valence-corrected chi connectivity index (χ2v) is 8.33. The Morgan fingerprint density at radius 1 is 1.04 bits per heavy atom. The molecule has 1 saturated carbocycles. The Morgan fingerprint density at radius 3 is 2.54 bits per heavy atom. The first-order valence-corrected chi connectivity index (χ1v) is 10.3. The molecule has 0 aromatic heterocycles. The van der Waals surface area contributed by atoms with E-state index in [2.05, 4.69) is 41.3 Å². The number of hydrogen-bond acceptors (Lipinski definition) is 3. The Labute approximate surface area is 166 Å². The summed E-state index contributed by atoms with van der Waals surface area (Å²) in [5.41, 5.74) is 3.65. The van der Waals surface area contributed by atoms with E-state index in [-0.39, 0.29) is 11.5 Å². The van der Waals surface area contributed by atoms with Gasteiger partial charge in [-0.2, -0.15) is 0 Å². The summed E-state index contributed by atoms with van der Waals surface area (Å²) in [5.74, 6) is 2.40. The van der Waals surface area contributed by atoms with Crippen molar-refractivity contribution < 1.29 is 14.3 Å². The number of nitrogens with zero attached hydrogens (tertiary/aromatic N) is 1. The summed E-state index contributed by atoms with van der Waals surface area (Å²) in [4.78, 5) is 15.3. The number of carbonyl (C=O) groups is 1. The predicted molar refractivity (Wildman–Crippen MR) is 108 cm³/mol. The topological polar surface area (TPSA) is 38.8 Å². The lowest BCUT2D eigenvalue weighted by Crippen LogP contribution is -2.53. The number of methoxy groups -OCH3 is 2. The molecule has 1 saturated heterocycles. The van der Waals surface area contributed by atoms with Crippen molar-refractivity contribution in [1.82, 2.24) is 4.90 Å². The lowest BCUT2D eigenvalue weighted by Gasteiger charge is -2.51. The van der Waals surface area contributed by atoms with Gasteiger partial charge in [0.15, 0.2) is 11.5 Å². The SMILES string of the molecule is COc1cc2c(cc1OC)[C@]13CCCC[C@H]1CC(=O)N3C[C@H]2c1ccccc1. The standard InChI is InChI=1S/C24H27NO3/c1-27-21-13-18-19(16-8-4-3-5-9-16)15-25-23(26)12-17-10-6-7-11-24(17,25)20(18)14-22(21)28-2/h3-5,8-9,13-14,17,19H,6-7,10-12,15H2,1-2H3/t17-,19-,24-/m0/s1. The van der Waals surface area contributed by atoms with Crippen molar-refractivity contribution >= 4 is 5.91 Å². The molecule has 4 heteroatoms. The minimum atomic E-state index is -0.171. The Morgan fingerprint density at radius 2 is 1.79 bits per heavy atom. The maximum Gasteiger partial charge on any atom is 0.223 e. The molecule has 5 rings (SSSR count). The average molecular weight is 377 g/mol. The maximum absolute atomic E-state index is 13.1. The van der Waals surface area contributed by atoms with Crippen LogP contribution < -0.4 is 9.47 Å². The van der Waals surface area contributed by atoms with Gasteiger partial charge in [-0.1, -0.05) is 43.2 Å². The van der Waals surface area contributed by atoms with Crippen LogP contribution in [0.15, 0.2) is 42.5 Å². The zero-order valence-electron chi connectivity index (χ0n) is 16.6. The van der Waals surface area contributed by atoms with Crippen molar-refractivity contribution in [3.05, 3.63) is 59.2 Å². The van der Waals surface area contributed by atoms with Gasteiger partial charge in [0.1, 0.15) is 0 Å². The average Bonchev–Trinajstić information content (AvgIpc) is 3.05. The van der Waals surface area contributed by atoms with Crippen LogP contribution in [-0.2, 0) is 10.3 Å². The summed E-state index contributed by atoms with van der Waals surface area (Å²) in [5, 5.41) is 0. The van der Waals surface area contributed by atoms with Crippen LogP contribution in [-0.4, -0.2) is 31.6 Å². The molecule has 4 nitrogen and oxygen atoms in total. The van der Waals surface area contributed by atoms with Crippen molar-refractivity contribution in [2.45, 2.75) is 43.6 Å². The third-order valence-corrected chi connectivity index (χ3v) is 7.20. The van der Waals surface area contributed by atoms with Crippen molar-refractivity contribution in [2.75, 3.05) is 20.8 Å². The van der Waals surface area contributed by atoms with Crippen LogP contribution in [0.5, 0.6) is 11.5 Å². The first-order chi connectivity index (χ1) is 13.7. The van der Waals surface area contributed by atoms with Gasteiger partial charge in [-0.25, -0.2) is 0 Å². The van der Waals surface area contributed by atoms with Gasteiger partial charge < -0.3 is 14.4 Å². The number of fused-ring (bicyclic) bond motifs is 1. The third-order valence-electron chi connectivity index (χ3n) is 7.20. The lowest BCUT2D eigenvalue weighted by molar-refractivity contribution is -0.133. The van der Waals surface area contributed by atoms with Gasteiger partial charge in [0, 0.05) is 18.9 Å². The fourth-order valence-corrected chi connectivity index (χ4v) is 5.97. The molecule has 0 radical (unpaired) electrons. The second-order valence-electron chi connectivity index (χ2n) is 8.33. The quantitative estimate of drug-likeness (QED) is 0.792. The first-order valence-electron chi connectivity index (χ1n) is 10.3. The van der Waals surface area contributed by atoms with Crippen LogP contribution in [0.1, 0.15) is 54.7 Å². The molecule has 2 aromatic rings. The highest BCUT2D eigenvalue weighted by Gasteiger charge is 2.58. The van der Waals surface area contributed by atoms with Crippen molar-refractivity contribution in [3.8, 4) is 11.5 Å². The molecular formula is C24H27NO3. The molecule has 1 amide bonds. The van der Waals surface area contributed by atoms with E-state index >= 15 is 0 Å². The molecule has 3 atom stereocenters. The van der Waals surface area contributed by atoms with E-state index in [4.69, 9.17) is 9.47 Å². The van der Waals surface area contributed by atoms with Gasteiger partial charge in [-0.3, -0.25) is 4.79 Å². The van der Waals surface area contributed by atoms with Gasteiger partial charge in [0.25, 0.3) is 0 Å². The van der Waals surface area contributed by atoms with Crippen molar-refractivity contribution in [3.63, 3.8) is 0 Å². The normalized spacial score (nSPS) is 28.4. The van der Waals surface area contributed by atoms with Crippen LogP contribution >= 0.6 is 0 Å². The van der Waals surface area contributed by atoms with Gasteiger partial charge in [0.05, 0.1) is 19.8 Å². The van der Waals surface area contributed by atoms with E-state index in [1.807, 2.05) is 6.07 Å². The Balaban J connectivity index is 1.76. The highest BCUT2D eigenvalue weighted by molar-refractivity contribution is 5.82. The maximum atomic E-state index is 13.1. The van der Waals surface area contributed by atoms with E-state index in [9.17, 15) is 4.79 Å². The van der Waals surface area contributed by atoms with Crippen molar-refractivity contribution in [1.29, 1.82) is 0 Å². The van der Waals surface area contributed by atoms with Crippen LogP contribution in [0.25, 0.3) is 0 Å². The molecule has 2 fully saturated rings. The fraction of sp³-hybridized carbons (Fsp3) is 0.458. The molecule has 0 N–H and O–H groups in total. The summed E-state index contributed by atoms with van der Waals surface area (Å²) in [6.45, 7) is 0.752. The highest BCUT2D eigenvalue weighted by Crippen LogP contribution is 2.58. The molecule has 1 aliphatic carbocycles. The number of amides is 1. The summed E-state index contributed by atoms with van der Waals surface area (Å²) in [7, 11) is 3.38. The Bertz CT molecular complexity index is 910. The van der Waals surface area contributed by atoms with Gasteiger partial charge >= 0.3 is 0 Å². The van der Waals surface area contributed by atoms with Crippen LogP contribution in [0.4, 0.5) is 0 Å². The van der Waals surface area contributed by atoms with E-state index in [0.717, 1.165) is 30.9 Å². The molecule has 28 heavy (non-hydrogen) atoms. The molecule has 2 aromatic carbocycles. The number of carbonyl (C=O) groups excluding carboxylic acids is 1. The predicted octanol–water partition coefficient (Wildman–Crippen LogP) is 4.47. The summed E-state index contributed by atoms with van der Waals surface area (Å²) in [6.07, 6.45) is 5.25. The lowest BCUT2D eigenvalue weighted by atomic mass is 9.64. The van der Waals surface area contributed by atoms with E-state index in [0.29, 0.717) is 18.2 Å². The summed E-state index contributed by atoms with van der Waals surface area (Å²) in [6, 6.07) is 14.9. The van der Waals surface area contributed by atoms with Crippen LogP contribution in [0.2, 0.25) is 0 Å². The largest absolute Gasteiger partial charge is 0.493 e. The van der Waals surface area contributed by atoms with Gasteiger partial charge in [0.2, 0.25) is 5.91 Å². The highest BCUT2D eigenvalue weighted by atomic mass is 16.5. The smallest absolute Gasteiger partial charge is 0.223 e. The molecule has 2 aliphatic heterocycles. The summed E-state index contributed by atoms with van der Waals surface area (Å²) >= 11 is 0. The second kappa shape index (κ2) is 6.54. The minimum absolute atomic E-state index is 0.159. The van der Waals surface area contributed by atoms with E-state index < -0.39 is 0 Å². The van der Waals surface area contributed by atoms with Crippen LogP contribution in [0, 0.1) is 5.92 Å². The molecule has 146 valence electrons.